The van der Waals surface area contributed by atoms with Crippen LogP contribution in [0.2, 0.25) is 0 Å². The predicted molar refractivity (Wildman–Crippen MR) is 63.8 cm³/mol. The minimum atomic E-state index is -1.08. The first-order valence-corrected chi connectivity index (χ1v) is 6.93. The Hall–Kier alpha value is -1.20. The van der Waals surface area contributed by atoms with Crippen molar-refractivity contribution in [2.45, 2.75) is 12.5 Å². The van der Waals surface area contributed by atoms with Gasteiger partial charge in [-0.15, -0.1) is 0 Å². The maximum absolute atomic E-state index is 14.0. The molecule has 0 aliphatic heterocycles. The number of nitrogens with two attached hydrogens (primary N) is 1. The molecule has 1 aromatic carbocycles. The predicted octanol–water partition coefficient (Wildman–Crippen LogP) is 0.445. The molecule has 7 heteroatoms. The van der Waals surface area contributed by atoms with Gasteiger partial charge in [-0.05, 0) is 0 Å². The van der Waals surface area contributed by atoms with Crippen molar-refractivity contribution < 1.29 is 43.7 Å². The summed E-state index contributed by atoms with van der Waals surface area (Å²) in [6.45, 7) is 0. The molecule has 5 nitrogen and oxygen atoms in total. The number of aromatic amines is 1. The summed E-state index contributed by atoms with van der Waals surface area (Å²) in [5.41, 5.74) is 6.93. The number of fused-ring (bicyclic) bond motifs is 1. The second-order valence-corrected chi connectivity index (χ2v) is 5.56. The number of halogens is 1. The van der Waals surface area contributed by atoms with Crippen molar-refractivity contribution in [2.24, 2.45) is 5.73 Å². The Morgan fingerprint density at radius 3 is 2.95 bits per heavy atom. The molecule has 0 radical (unpaired) electrons. The maximum atomic E-state index is 14.0. The van der Waals surface area contributed by atoms with Crippen LogP contribution in [0.15, 0.2) is 12.3 Å². The van der Waals surface area contributed by atoms with E-state index in [-0.39, 0.29) is 12.2 Å². The van der Waals surface area contributed by atoms with Gasteiger partial charge < -0.3 is 0 Å². The van der Waals surface area contributed by atoms with Crippen LogP contribution in [0.5, 0.6) is 5.75 Å². The topological polar surface area (TPSA) is 88.3 Å². The van der Waals surface area contributed by atoms with E-state index in [1.807, 2.05) is 0 Å². The van der Waals surface area contributed by atoms with Crippen molar-refractivity contribution in [1.29, 1.82) is 0 Å². The van der Waals surface area contributed by atoms with Gasteiger partial charge in [0.25, 0.3) is 0 Å². The van der Waals surface area contributed by atoms with Crippen LogP contribution in [0.25, 0.3) is 10.9 Å². The molecule has 1 atom stereocenters. The number of methoxy groups -OCH3 is 1. The Morgan fingerprint density at radius 1 is 1.68 bits per heavy atom. The molecule has 102 valence electrons. The zero-order valence-corrected chi connectivity index (χ0v) is 13.0. The number of ether oxygens (including phenoxy) is 1. The summed E-state index contributed by atoms with van der Waals surface area (Å²) in [4.78, 5) is 13.8. The third kappa shape index (κ3) is 2.58. The quantitative estimate of drug-likeness (QED) is 0.617. The number of carbonyl (C=O) groups is 1. The summed E-state index contributed by atoms with van der Waals surface area (Å²) < 4.78 is 19.4. The van der Waals surface area contributed by atoms with Crippen molar-refractivity contribution in [2.75, 3.05) is 7.11 Å². The fourth-order valence-electron chi connectivity index (χ4n) is 1.90. The molecule has 4 N–H and O–H groups in total. The molecule has 0 amide bonds. The molecule has 0 saturated heterocycles. The van der Waals surface area contributed by atoms with Crippen molar-refractivity contribution in [3.05, 3.63) is 23.6 Å². The van der Waals surface area contributed by atoms with Crippen LogP contribution < -0.4 is 13.7 Å². The van der Waals surface area contributed by atoms with Gasteiger partial charge in [0.1, 0.15) is 0 Å². The van der Waals surface area contributed by atoms with Crippen LogP contribution in [0, 0.1) is 30.5 Å². The number of aliphatic carboxylic acids is 1. The number of nitrogens with one attached hydrogen (secondary N) is 1. The van der Waals surface area contributed by atoms with Crippen molar-refractivity contribution in [3.63, 3.8) is 0 Å². The Bertz CT molecular complexity index is 641. The van der Waals surface area contributed by atoms with E-state index in [1.165, 1.54) is 31.8 Å². The Kier molecular flexibility index (Phi) is 4.06. The van der Waals surface area contributed by atoms with Gasteiger partial charge in [-0.3, -0.25) is 0 Å². The van der Waals surface area contributed by atoms with E-state index in [4.69, 9.17) is 15.6 Å². The van der Waals surface area contributed by atoms with Gasteiger partial charge in [0.2, 0.25) is 0 Å². The van der Waals surface area contributed by atoms with E-state index in [9.17, 15) is 9.18 Å². The summed E-state index contributed by atoms with van der Waals surface area (Å²) in [5, 5.41) is 9.52. The molecule has 2 rings (SSSR count). The molecule has 1 heterocycles. The number of H-pyrrole nitrogens is 1. The van der Waals surface area contributed by atoms with Crippen LogP contribution in [0.4, 0.5) is 4.39 Å². The number of hydrogen-bond donors (Lipinski definition) is 3. The summed E-state index contributed by atoms with van der Waals surface area (Å²) in [6, 6.07) is 0.554. The first-order valence-electron chi connectivity index (χ1n) is 5.46. The van der Waals surface area contributed by atoms with E-state index in [2.05, 4.69) is 4.98 Å². The molecule has 0 saturated carbocycles. The number of hydrogen-bond acceptors (Lipinski definition) is 3. The number of rotatable bonds is 4. The summed E-state index contributed by atoms with van der Waals surface area (Å²) in [7, 11) is 1.40. The van der Waals surface area contributed by atoms with Gasteiger partial charge in [0, 0.05) is 0 Å². The van der Waals surface area contributed by atoms with Crippen LogP contribution >= 0.6 is 0 Å². The molecule has 0 spiro atoms. The van der Waals surface area contributed by atoms with Gasteiger partial charge in [0.05, 0.1) is 0 Å². The van der Waals surface area contributed by atoms with Crippen LogP contribution in [0.1, 0.15) is 5.56 Å². The molecule has 0 fully saturated rings. The average molecular weight is 461 g/mol. The minimum absolute atomic E-state index is 0.150. The van der Waals surface area contributed by atoms with Gasteiger partial charge in [-0.1, -0.05) is 0 Å². The number of aromatic nitrogens is 1. The fourth-order valence-corrected chi connectivity index (χ4v) is 3.13. The summed E-state index contributed by atoms with van der Waals surface area (Å²) in [6.07, 6.45) is 1.81. The molecule has 0 aliphatic carbocycles. The molecular formula is C12H12AtFN2O3. The molecule has 19 heavy (non-hydrogen) atoms. The third-order valence-corrected chi connectivity index (χ3v) is 4.25. The van der Waals surface area contributed by atoms with Gasteiger partial charge >= 0.3 is 124 Å². The van der Waals surface area contributed by atoms with Crippen LogP contribution in [-0.2, 0) is 11.2 Å². The average Bonchev–Trinajstić information content (AvgIpc) is 2.76. The standard InChI is InChI=1S/C12H12AtFN2O3/c1-19-8-3-7-9(10(13)11(8)14)5(4-16-7)2-6(15)12(17)18/h3-4,6,16H,2,15H2,1H3,(H,17,18). The Balaban J connectivity index is 2.54. The second-order valence-electron chi connectivity index (χ2n) is 4.09. The number of carboxylic acids is 1. The normalized spacial score (nSPS) is 12.6. The van der Waals surface area contributed by atoms with Crippen molar-refractivity contribution in [1.82, 2.24) is 4.98 Å². The van der Waals surface area contributed by atoms with Gasteiger partial charge in [-0.25, -0.2) is 0 Å². The Labute approximate surface area is 123 Å². The third-order valence-electron chi connectivity index (χ3n) is 2.87. The number of carboxylic acid groups (broad SMARTS) is 1. The molecule has 1 aromatic heterocycles. The van der Waals surface area contributed by atoms with E-state index >= 15 is 0 Å². The first-order chi connectivity index (χ1) is 8.95. The van der Waals surface area contributed by atoms with E-state index < -0.39 is 17.8 Å². The van der Waals surface area contributed by atoms with Crippen molar-refractivity contribution in [3.8, 4) is 5.75 Å². The molecule has 0 bridgehead atoms. The molecule has 1 unspecified atom stereocenters. The van der Waals surface area contributed by atoms with Crippen LogP contribution in [0.3, 0.4) is 0 Å². The molecular weight excluding hydrogens is 449 g/mol. The van der Waals surface area contributed by atoms with Crippen LogP contribution in [-0.4, -0.2) is 29.2 Å². The molecule has 0 aliphatic rings. The zero-order chi connectivity index (χ0) is 14.2. The SMILES string of the molecule is COc1cc2[nH]cc(CC(N)C(=O)O)c2c([At])c1F. The monoisotopic (exact) mass is 461 g/mol. The van der Waals surface area contributed by atoms with Gasteiger partial charge in [-0.2, -0.15) is 0 Å². The number of benzene rings is 1. The zero-order valence-electron chi connectivity index (χ0n) is 10.0. The second kappa shape index (κ2) is 5.43. The van der Waals surface area contributed by atoms with E-state index in [0.717, 1.165) is 0 Å². The summed E-state index contributed by atoms with van der Waals surface area (Å²) >= 11 is 1.17. The van der Waals surface area contributed by atoms with Gasteiger partial charge in [0.15, 0.2) is 0 Å². The Morgan fingerprint density at radius 2 is 2.37 bits per heavy atom. The first kappa shape index (κ1) is 14.2. The molecule has 2 aromatic rings. The van der Waals surface area contributed by atoms with E-state index in [0.29, 0.717) is 19.7 Å². The summed E-state index contributed by atoms with van der Waals surface area (Å²) in [5.74, 6) is -1.33. The fraction of sp³-hybridized carbons (Fsp3) is 0.250. The van der Waals surface area contributed by atoms with Crippen molar-refractivity contribution >= 4 is 20.1 Å². The van der Waals surface area contributed by atoms with E-state index in [1.54, 1.807) is 12.3 Å².